The molecule has 1 fully saturated rings. The van der Waals surface area contributed by atoms with E-state index in [4.69, 9.17) is 0 Å². The largest absolute Gasteiger partial charge is 0.352 e. The number of aryl methyl sites for hydroxylation is 1. The Labute approximate surface area is 113 Å². The summed E-state index contributed by atoms with van der Waals surface area (Å²) in [5.74, 6) is 1.03. The minimum Gasteiger partial charge on any atom is -0.352 e. The van der Waals surface area contributed by atoms with Crippen molar-refractivity contribution in [2.75, 3.05) is 38.1 Å². The molecule has 5 nitrogen and oxygen atoms in total. The third-order valence-corrected chi connectivity index (χ3v) is 3.53. The zero-order chi connectivity index (χ0) is 13.2. The van der Waals surface area contributed by atoms with E-state index < -0.39 is 0 Å². The van der Waals surface area contributed by atoms with E-state index in [1.807, 2.05) is 29.3 Å². The molecule has 0 aromatic carbocycles. The van der Waals surface area contributed by atoms with Gasteiger partial charge in [-0.05, 0) is 31.7 Å². The van der Waals surface area contributed by atoms with Crippen LogP contribution in [0.5, 0.6) is 0 Å². The first-order valence-electron chi connectivity index (χ1n) is 6.64. The van der Waals surface area contributed by atoms with Crippen molar-refractivity contribution < 1.29 is 0 Å². The topological polar surface area (TPSA) is 37.2 Å². The van der Waals surface area contributed by atoms with Gasteiger partial charge in [0.2, 0.25) is 0 Å². The SMILES string of the molecule is Cc1cnn(-c2cccnc2N2CCN(C)CC2)c1. The quantitative estimate of drug-likeness (QED) is 0.813. The maximum atomic E-state index is 4.56. The monoisotopic (exact) mass is 257 g/mol. The molecule has 0 saturated carbocycles. The minimum absolute atomic E-state index is 1.01. The van der Waals surface area contributed by atoms with E-state index in [0.717, 1.165) is 43.2 Å². The van der Waals surface area contributed by atoms with Crippen molar-refractivity contribution in [2.45, 2.75) is 6.92 Å². The number of pyridine rings is 1. The summed E-state index contributed by atoms with van der Waals surface area (Å²) in [5, 5.41) is 4.40. The van der Waals surface area contributed by atoms with Crippen molar-refractivity contribution >= 4 is 5.82 Å². The average molecular weight is 257 g/mol. The first-order chi connectivity index (χ1) is 9.24. The highest BCUT2D eigenvalue weighted by Gasteiger charge is 2.18. The van der Waals surface area contributed by atoms with Crippen molar-refractivity contribution in [3.8, 4) is 5.69 Å². The molecule has 0 N–H and O–H groups in total. The third-order valence-electron chi connectivity index (χ3n) is 3.53. The second-order valence-corrected chi connectivity index (χ2v) is 5.10. The normalized spacial score (nSPS) is 16.8. The molecule has 3 heterocycles. The fraction of sp³-hybridized carbons (Fsp3) is 0.429. The second kappa shape index (κ2) is 5.01. The Morgan fingerprint density at radius 2 is 1.95 bits per heavy atom. The summed E-state index contributed by atoms with van der Waals surface area (Å²) < 4.78 is 1.91. The number of hydrogen-bond acceptors (Lipinski definition) is 4. The molecule has 100 valence electrons. The van der Waals surface area contributed by atoms with Gasteiger partial charge in [0.15, 0.2) is 5.82 Å². The molecule has 0 amide bonds. The van der Waals surface area contributed by atoms with E-state index >= 15 is 0 Å². The summed E-state index contributed by atoms with van der Waals surface area (Å²) in [6, 6.07) is 4.04. The van der Waals surface area contributed by atoms with Crippen molar-refractivity contribution in [1.29, 1.82) is 0 Å². The van der Waals surface area contributed by atoms with Gasteiger partial charge >= 0.3 is 0 Å². The Balaban J connectivity index is 1.93. The first kappa shape index (κ1) is 12.2. The van der Waals surface area contributed by atoms with E-state index in [2.05, 4.69) is 39.9 Å². The van der Waals surface area contributed by atoms with Gasteiger partial charge in [-0.25, -0.2) is 9.67 Å². The van der Waals surface area contributed by atoms with Crippen molar-refractivity contribution in [3.63, 3.8) is 0 Å². The van der Waals surface area contributed by atoms with Gasteiger partial charge in [0.05, 0.1) is 6.20 Å². The molecule has 0 bridgehead atoms. The van der Waals surface area contributed by atoms with Crippen LogP contribution in [0.4, 0.5) is 5.82 Å². The van der Waals surface area contributed by atoms with Crippen LogP contribution in [0, 0.1) is 6.92 Å². The fourth-order valence-corrected chi connectivity index (χ4v) is 2.37. The first-order valence-corrected chi connectivity index (χ1v) is 6.64. The molecule has 2 aromatic heterocycles. The molecule has 1 aliphatic heterocycles. The van der Waals surface area contributed by atoms with Crippen LogP contribution in [-0.2, 0) is 0 Å². The van der Waals surface area contributed by atoms with Crippen LogP contribution in [0.15, 0.2) is 30.7 Å². The van der Waals surface area contributed by atoms with Crippen LogP contribution in [0.2, 0.25) is 0 Å². The Hall–Kier alpha value is -1.88. The maximum Gasteiger partial charge on any atom is 0.154 e. The number of hydrogen-bond donors (Lipinski definition) is 0. The van der Waals surface area contributed by atoms with E-state index in [0.29, 0.717) is 0 Å². The lowest BCUT2D eigenvalue weighted by Gasteiger charge is -2.34. The zero-order valence-corrected chi connectivity index (χ0v) is 11.5. The van der Waals surface area contributed by atoms with Crippen molar-refractivity contribution in [2.24, 2.45) is 0 Å². The van der Waals surface area contributed by atoms with Gasteiger partial charge in [0, 0.05) is 38.6 Å². The lowest BCUT2D eigenvalue weighted by Crippen LogP contribution is -2.45. The van der Waals surface area contributed by atoms with Gasteiger partial charge in [-0.3, -0.25) is 0 Å². The lowest BCUT2D eigenvalue weighted by molar-refractivity contribution is 0.312. The number of nitrogens with zero attached hydrogens (tertiary/aromatic N) is 5. The third kappa shape index (κ3) is 2.46. The maximum absolute atomic E-state index is 4.56. The van der Waals surface area contributed by atoms with Crippen LogP contribution < -0.4 is 4.90 Å². The second-order valence-electron chi connectivity index (χ2n) is 5.10. The van der Waals surface area contributed by atoms with E-state index in [1.165, 1.54) is 0 Å². The molecular formula is C14H19N5. The summed E-state index contributed by atoms with van der Waals surface area (Å²) >= 11 is 0. The van der Waals surface area contributed by atoms with Crippen molar-refractivity contribution in [1.82, 2.24) is 19.7 Å². The smallest absolute Gasteiger partial charge is 0.154 e. The molecule has 1 aliphatic rings. The molecule has 3 rings (SSSR count). The van der Waals surface area contributed by atoms with E-state index in [-0.39, 0.29) is 0 Å². The predicted octanol–water partition coefficient (Wildman–Crippen LogP) is 1.33. The summed E-state index contributed by atoms with van der Waals surface area (Å²) in [6.07, 6.45) is 5.77. The molecule has 0 aliphatic carbocycles. The van der Waals surface area contributed by atoms with Gasteiger partial charge in [0.1, 0.15) is 5.69 Å². The molecular weight excluding hydrogens is 238 g/mol. The average Bonchev–Trinajstić information content (AvgIpc) is 2.86. The molecule has 0 atom stereocenters. The molecule has 0 radical (unpaired) electrons. The Morgan fingerprint density at radius 1 is 1.16 bits per heavy atom. The van der Waals surface area contributed by atoms with Gasteiger partial charge in [0.25, 0.3) is 0 Å². The highest BCUT2D eigenvalue weighted by molar-refractivity contribution is 5.57. The number of likely N-dealkylation sites (N-methyl/N-ethyl adjacent to an activating group) is 1. The summed E-state index contributed by atoms with van der Waals surface area (Å²) in [7, 11) is 2.16. The summed E-state index contributed by atoms with van der Waals surface area (Å²) in [4.78, 5) is 9.24. The van der Waals surface area contributed by atoms with Crippen LogP contribution in [0.3, 0.4) is 0 Å². The molecule has 1 saturated heterocycles. The fourth-order valence-electron chi connectivity index (χ4n) is 2.37. The molecule has 2 aromatic rings. The van der Waals surface area contributed by atoms with E-state index in [1.54, 1.807) is 0 Å². The molecule has 5 heteroatoms. The predicted molar refractivity (Wildman–Crippen MR) is 75.8 cm³/mol. The number of aromatic nitrogens is 3. The standard InChI is InChI=1S/C14H19N5/c1-12-10-16-19(11-12)13-4-3-5-15-14(13)18-8-6-17(2)7-9-18/h3-5,10-11H,6-9H2,1-2H3. The van der Waals surface area contributed by atoms with Gasteiger partial charge < -0.3 is 9.80 Å². The lowest BCUT2D eigenvalue weighted by atomic mass is 10.3. The van der Waals surface area contributed by atoms with Gasteiger partial charge in [-0.1, -0.05) is 0 Å². The van der Waals surface area contributed by atoms with Crippen molar-refractivity contribution in [3.05, 3.63) is 36.3 Å². The van der Waals surface area contributed by atoms with Gasteiger partial charge in [-0.2, -0.15) is 5.10 Å². The summed E-state index contributed by atoms with van der Waals surface area (Å²) in [5.41, 5.74) is 2.22. The highest BCUT2D eigenvalue weighted by Crippen LogP contribution is 2.22. The minimum atomic E-state index is 1.01. The zero-order valence-electron chi connectivity index (χ0n) is 11.5. The molecule has 19 heavy (non-hydrogen) atoms. The number of rotatable bonds is 2. The molecule has 0 unspecified atom stereocenters. The molecule has 0 spiro atoms. The Morgan fingerprint density at radius 3 is 2.63 bits per heavy atom. The highest BCUT2D eigenvalue weighted by atomic mass is 15.3. The number of anilines is 1. The van der Waals surface area contributed by atoms with Gasteiger partial charge in [-0.15, -0.1) is 0 Å². The Kier molecular flexibility index (Phi) is 3.21. The summed E-state index contributed by atoms with van der Waals surface area (Å²) in [6.45, 7) is 6.24. The van der Waals surface area contributed by atoms with Crippen LogP contribution in [0.25, 0.3) is 5.69 Å². The van der Waals surface area contributed by atoms with Crippen LogP contribution in [-0.4, -0.2) is 52.9 Å². The van der Waals surface area contributed by atoms with Crippen LogP contribution >= 0.6 is 0 Å². The van der Waals surface area contributed by atoms with E-state index in [9.17, 15) is 0 Å². The number of piperazine rings is 1. The van der Waals surface area contributed by atoms with Crippen LogP contribution in [0.1, 0.15) is 5.56 Å². The Bertz CT molecular complexity index is 554.